The van der Waals surface area contributed by atoms with Crippen LogP contribution in [-0.4, -0.2) is 44.0 Å². The number of guanidine groups is 1. The fourth-order valence-electron chi connectivity index (χ4n) is 2.91. The molecule has 2 N–H and O–H groups in total. The van der Waals surface area contributed by atoms with Gasteiger partial charge in [-0.05, 0) is 48.9 Å². The van der Waals surface area contributed by atoms with E-state index in [1.54, 1.807) is 20.2 Å². The third-order valence-electron chi connectivity index (χ3n) is 5.15. The maximum Gasteiger partial charge on any atom is 0.241 e. The van der Waals surface area contributed by atoms with Crippen LogP contribution in [0.25, 0.3) is 0 Å². The maximum atomic E-state index is 14.5. The van der Waals surface area contributed by atoms with Gasteiger partial charge >= 0.3 is 0 Å². The van der Waals surface area contributed by atoms with Crippen molar-refractivity contribution in [3.05, 3.63) is 65.5 Å². The summed E-state index contributed by atoms with van der Waals surface area (Å²) in [6.07, 6.45) is 2.32. The van der Waals surface area contributed by atoms with Crippen molar-refractivity contribution < 1.29 is 13.9 Å². The van der Waals surface area contributed by atoms with Crippen LogP contribution in [0.15, 0.2) is 53.5 Å². The van der Waals surface area contributed by atoms with Gasteiger partial charge in [-0.3, -0.25) is 4.79 Å². The Morgan fingerprint density at radius 1 is 1.22 bits per heavy atom. The van der Waals surface area contributed by atoms with Gasteiger partial charge in [0.15, 0.2) is 17.5 Å². The molecule has 6 nitrogen and oxygen atoms in total. The Labute approximate surface area is 206 Å². The Hall–Kier alpha value is -2.36. The number of nitrogens with one attached hydrogen (secondary N) is 2. The largest absolute Gasteiger partial charge is 0.490 e. The van der Waals surface area contributed by atoms with Gasteiger partial charge in [-0.1, -0.05) is 36.4 Å². The van der Waals surface area contributed by atoms with Crippen molar-refractivity contribution in [3.8, 4) is 5.75 Å². The van der Waals surface area contributed by atoms with Gasteiger partial charge in [-0.25, -0.2) is 9.38 Å². The number of halogens is 2. The molecule has 1 saturated carbocycles. The zero-order valence-electron chi connectivity index (χ0n) is 18.8. The first-order chi connectivity index (χ1) is 14.9. The third kappa shape index (κ3) is 8.29. The van der Waals surface area contributed by atoms with E-state index in [1.807, 2.05) is 43.3 Å². The van der Waals surface area contributed by atoms with E-state index in [0.717, 1.165) is 24.0 Å². The van der Waals surface area contributed by atoms with Crippen LogP contribution in [0.3, 0.4) is 0 Å². The lowest BCUT2D eigenvalue weighted by Gasteiger charge is -2.20. The van der Waals surface area contributed by atoms with Crippen molar-refractivity contribution in [3.63, 3.8) is 0 Å². The summed E-state index contributed by atoms with van der Waals surface area (Å²) in [5.74, 6) is 0.908. The SMILES string of the molecule is CC(NC(=NCc1ccccc1)NCC(=O)N(C)C)c1ccc(OCC2CC2)c(F)c1.I. The average Bonchev–Trinajstić information content (AvgIpc) is 3.59. The minimum absolute atomic E-state index is 0. The van der Waals surface area contributed by atoms with Crippen LogP contribution in [0.4, 0.5) is 4.39 Å². The van der Waals surface area contributed by atoms with Crippen LogP contribution in [0, 0.1) is 11.7 Å². The second-order valence-corrected chi connectivity index (χ2v) is 8.10. The van der Waals surface area contributed by atoms with E-state index < -0.39 is 0 Å². The highest BCUT2D eigenvalue weighted by molar-refractivity contribution is 14.0. The Balaban J connectivity index is 0.00000363. The highest BCUT2D eigenvalue weighted by Crippen LogP contribution is 2.30. The molecule has 0 radical (unpaired) electrons. The Bertz CT molecular complexity index is 904. The molecule has 1 amide bonds. The van der Waals surface area contributed by atoms with Crippen LogP contribution in [0.5, 0.6) is 5.75 Å². The number of carbonyl (C=O) groups is 1. The minimum Gasteiger partial charge on any atom is -0.490 e. The molecule has 174 valence electrons. The first-order valence-electron chi connectivity index (χ1n) is 10.6. The quantitative estimate of drug-likeness (QED) is 0.278. The molecule has 2 aromatic rings. The molecule has 1 unspecified atom stereocenters. The monoisotopic (exact) mass is 554 g/mol. The van der Waals surface area contributed by atoms with Crippen LogP contribution in [0.2, 0.25) is 0 Å². The highest BCUT2D eigenvalue weighted by Gasteiger charge is 2.22. The molecule has 1 aliphatic carbocycles. The molecule has 0 saturated heterocycles. The van der Waals surface area contributed by atoms with Crippen LogP contribution < -0.4 is 15.4 Å². The lowest BCUT2D eigenvalue weighted by Crippen LogP contribution is -2.43. The van der Waals surface area contributed by atoms with Gasteiger partial charge in [-0.2, -0.15) is 0 Å². The van der Waals surface area contributed by atoms with Crippen molar-refractivity contribution in [2.75, 3.05) is 27.2 Å². The molecule has 8 heteroatoms. The molecule has 2 aromatic carbocycles. The normalized spacial score (nSPS) is 14.2. The van der Waals surface area contributed by atoms with E-state index in [0.29, 0.717) is 25.0 Å². The summed E-state index contributed by atoms with van der Waals surface area (Å²) in [5.41, 5.74) is 1.82. The van der Waals surface area contributed by atoms with Crippen molar-refractivity contribution in [2.45, 2.75) is 32.4 Å². The van der Waals surface area contributed by atoms with Gasteiger partial charge in [0.2, 0.25) is 5.91 Å². The summed E-state index contributed by atoms with van der Waals surface area (Å²) >= 11 is 0. The van der Waals surface area contributed by atoms with Crippen molar-refractivity contribution in [1.29, 1.82) is 0 Å². The molecule has 1 aliphatic rings. The van der Waals surface area contributed by atoms with Gasteiger partial charge in [0.05, 0.1) is 25.7 Å². The number of hydrogen-bond donors (Lipinski definition) is 2. The molecule has 0 aliphatic heterocycles. The van der Waals surface area contributed by atoms with E-state index in [2.05, 4.69) is 15.6 Å². The average molecular weight is 554 g/mol. The van der Waals surface area contributed by atoms with E-state index in [9.17, 15) is 9.18 Å². The van der Waals surface area contributed by atoms with Crippen molar-refractivity contribution >= 4 is 35.8 Å². The highest BCUT2D eigenvalue weighted by atomic mass is 127. The summed E-state index contributed by atoms with van der Waals surface area (Å²) in [6, 6.07) is 14.6. The van der Waals surface area contributed by atoms with Crippen LogP contribution in [0.1, 0.15) is 36.9 Å². The van der Waals surface area contributed by atoms with Gasteiger partial charge in [0, 0.05) is 14.1 Å². The number of amides is 1. The number of nitrogens with zero attached hydrogens (tertiary/aromatic N) is 2. The summed E-state index contributed by atoms with van der Waals surface area (Å²) < 4.78 is 20.1. The lowest BCUT2D eigenvalue weighted by molar-refractivity contribution is -0.127. The standard InChI is InChI=1S/C24H31FN4O2.HI/c1-17(20-11-12-22(21(25)13-20)31-16-19-9-10-19)28-24(27-15-23(30)29(2)3)26-14-18-7-5-4-6-8-18;/h4-8,11-13,17,19H,9-10,14-16H2,1-3H3,(H2,26,27,28);1H. The third-order valence-corrected chi connectivity index (χ3v) is 5.15. The number of carbonyl (C=O) groups excluding carboxylic acids is 1. The van der Waals surface area contributed by atoms with E-state index in [1.165, 1.54) is 11.0 Å². The fraction of sp³-hybridized carbons (Fsp3) is 0.417. The molecule has 0 heterocycles. The maximum absolute atomic E-state index is 14.5. The Morgan fingerprint density at radius 3 is 2.56 bits per heavy atom. The number of likely N-dealkylation sites (N-methyl/N-ethyl adjacent to an activating group) is 1. The molecule has 3 rings (SSSR count). The predicted molar refractivity (Wildman–Crippen MR) is 136 cm³/mol. The number of aliphatic imine (C=N–C) groups is 1. The van der Waals surface area contributed by atoms with E-state index >= 15 is 0 Å². The molecule has 1 fully saturated rings. The smallest absolute Gasteiger partial charge is 0.241 e. The van der Waals surface area contributed by atoms with Gasteiger partial charge < -0.3 is 20.3 Å². The lowest BCUT2D eigenvalue weighted by atomic mass is 10.1. The number of rotatable bonds is 9. The number of benzene rings is 2. The van der Waals surface area contributed by atoms with Crippen molar-refractivity contribution in [2.24, 2.45) is 10.9 Å². The zero-order valence-corrected chi connectivity index (χ0v) is 21.1. The van der Waals surface area contributed by atoms with E-state index in [4.69, 9.17) is 4.74 Å². The first-order valence-corrected chi connectivity index (χ1v) is 10.6. The Kier molecular flexibility index (Phi) is 10.2. The molecule has 32 heavy (non-hydrogen) atoms. The Morgan fingerprint density at radius 2 is 1.94 bits per heavy atom. The van der Waals surface area contributed by atoms with E-state index in [-0.39, 0.29) is 54.0 Å². The predicted octanol–water partition coefficient (Wildman–Crippen LogP) is 4.12. The molecule has 0 aromatic heterocycles. The van der Waals surface area contributed by atoms with Crippen LogP contribution >= 0.6 is 24.0 Å². The fourth-order valence-corrected chi connectivity index (χ4v) is 2.91. The number of ether oxygens (including phenoxy) is 1. The molecule has 0 bridgehead atoms. The van der Waals surface area contributed by atoms with Gasteiger partial charge in [-0.15, -0.1) is 24.0 Å². The topological polar surface area (TPSA) is 66.0 Å². The van der Waals surface area contributed by atoms with Gasteiger partial charge in [0.1, 0.15) is 0 Å². The second kappa shape index (κ2) is 12.6. The minimum atomic E-state index is -0.370. The van der Waals surface area contributed by atoms with Crippen LogP contribution in [-0.2, 0) is 11.3 Å². The summed E-state index contributed by atoms with van der Waals surface area (Å²) in [7, 11) is 3.41. The second-order valence-electron chi connectivity index (χ2n) is 8.10. The molecule has 1 atom stereocenters. The summed E-state index contributed by atoms with van der Waals surface area (Å²) in [5, 5.41) is 6.33. The summed E-state index contributed by atoms with van der Waals surface area (Å²) in [4.78, 5) is 18.1. The molecule has 0 spiro atoms. The number of hydrogen-bond acceptors (Lipinski definition) is 3. The molecular weight excluding hydrogens is 522 g/mol. The summed E-state index contributed by atoms with van der Waals surface area (Å²) in [6.45, 7) is 3.07. The van der Waals surface area contributed by atoms with Crippen molar-refractivity contribution in [1.82, 2.24) is 15.5 Å². The molecular formula is C24H32FIN4O2. The van der Waals surface area contributed by atoms with Gasteiger partial charge in [0.25, 0.3) is 0 Å². The zero-order chi connectivity index (χ0) is 22.2. The first kappa shape index (κ1) is 25.9.